The predicted octanol–water partition coefficient (Wildman–Crippen LogP) is 1.44. The molecule has 1 aromatic heterocycles. The number of hydrogen-bond acceptors (Lipinski definition) is 4. The number of carboxylic acid groups (broad SMARTS) is 1. The van der Waals surface area contributed by atoms with Crippen LogP contribution in [0.1, 0.15) is 15.9 Å². The zero-order valence-electron chi connectivity index (χ0n) is 11.2. The molecule has 1 heterocycles. The summed E-state index contributed by atoms with van der Waals surface area (Å²) in [5.74, 6) is -0.687. The Morgan fingerprint density at radius 1 is 1.43 bits per heavy atom. The lowest BCUT2D eigenvalue weighted by Crippen LogP contribution is -2.28. The van der Waals surface area contributed by atoms with Gasteiger partial charge in [-0.25, -0.2) is 9.59 Å². The molecule has 2 aromatic rings. The third-order valence-electron chi connectivity index (χ3n) is 2.71. The Morgan fingerprint density at radius 2 is 2.24 bits per heavy atom. The average Bonchev–Trinajstić information content (AvgIpc) is 2.98. The molecule has 0 fully saturated rings. The van der Waals surface area contributed by atoms with E-state index in [1.165, 1.54) is 25.3 Å². The van der Waals surface area contributed by atoms with Crippen molar-refractivity contribution in [3.05, 3.63) is 41.7 Å². The van der Waals surface area contributed by atoms with Crippen molar-refractivity contribution in [3.8, 4) is 5.75 Å². The summed E-state index contributed by atoms with van der Waals surface area (Å²) in [6.45, 7) is 0.273. The number of aromatic carboxylic acids is 1. The van der Waals surface area contributed by atoms with E-state index in [2.05, 4.69) is 20.8 Å². The number of nitrogens with zero attached hydrogens (tertiary/aromatic N) is 1. The molecule has 1 aromatic carbocycles. The molecule has 110 valence electrons. The summed E-state index contributed by atoms with van der Waals surface area (Å²) in [5, 5.41) is 20.6. The molecule has 0 aliphatic rings. The van der Waals surface area contributed by atoms with Gasteiger partial charge < -0.3 is 20.5 Å². The summed E-state index contributed by atoms with van der Waals surface area (Å²) in [4.78, 5) is 22.9. The van der Waals surface area contributed by atoms with Gasteiger partial charge in [-0.1, -0.05) is 0 Å². The first-order valence-corrected chi connectivity index (χ1v) is 6.04. The number of hydrogen-bond donors (Lipinski definition) is 4. The Bertz CT molecular complexity index is 640. The third-order valence-corrected chi connectivity index (χ3v) is 2.71. The van der Waals surface area contributed by atoms with Crippen molar-refractivity contribution >= 4 is 17.7 Å². The topological polar surface area (TPSA) is 116 Å². The van der Waals surface area contributed by atoms with E-state index in [0.717, 1.165) is 5.56 Å². The zero-order chi connectivity index (χ0) is 15.2. The summed E-state index contributed by atoms with van der Waals surface area (Å²) in [7, 11) is 1.46. The minimum absolute atomic E-state index is 0.0192. The van der Waals surface area contributed by atoms with Crippen LogP contribution in [0.2, 0.25) is 0 Å². The summed E-state index contributed by atoms with van der Waals surface area (Å²) < 4.78 is 5.01. The smallest absolute Gasteiger partial charge is 0.337 e. The molecule has 0 aliphatic carbocycles. The molecule has 0 atom stereocenters. The lowest BCUT2D eigenvalue weighted by Gasteiger charge is -2.11. The number of carboxylic acids is 1. The van der Waals surface area contributed by atoms with Gasteiger partial charge in [0, 0.05) is 24.4 Å². The second-order valence-electron chi connectivity index (χ2n) is 4.13. The maximum atomic E-state index is 11.8. The maximum absolute atomic E-state index is 11.8. The average molecular weight is 290 g/mol. The molecule has 0 saturated carbocycles. The molecular formula is C13H14N4O4. The van der Waals surface area contributed by atoms with Crippen LogP contribution in [0.25, 0.3) is 0 Å². The van der Waals surface area contributed by atoms with Crippen molar-refractivity contribution in [2.24, 2.45) is 0 Å². The molecule has 0 saturated heterocycles. The highest BCUT2D eigenvalue weighted by atomic mass is 16.5. The molecule has 8 heteroatoms. The van der Waals surface area contributed by atoms with Gasteiger partial charge in [0.05, 0.1) is 24.6 Å². The fourth-order valence-corrected chi connectivity index (χ4v) is 1.66. The third kappa shape index (κ3) is 3.72. The first-order chi connectivity index (χ1) is 10.1. The molecule has 0 radical (unpaired) electrons. The summed E-state index contributed by atoms with van der Waals surface area (Å²) in [5.41, 5.74) is 0.940. The lowest BCUT2D eigenvalue weighted by molar-refractivity contribution is 0.0698. The molecule has 4 N–H and O–H groups in total. The fourth-order valence-electron chi connectivity index (χ4n) is 1.66. The molecule has 8 nitrogen and oxygen atoms in total. The van der Waals surface area contributed by atoms with E-state index in [0.29, 0.717) is 5.75 Å². The van der Waals surface area contributed by atoms with Crippen LogP contribution in [0, 0.1) is 0 Å². The summed E-state index contributed by atoms with van der Waals surface area (Å²) in [6.07, 6.45) is 3.23. The van der Waals surface area contributed by atoms with Crippen LogP contribution in [0.15, 0.2) is 30.6 Å². The second kappa shape index (κ2) is 6.42. The Balaban J connectivity index is 2.06. The normalized spacial score (nSPS) is 9.95. The van der Waals surface area contributed by atoms with Crippen LogP contribution in [0.3, 0.4) is 0 Å². The number of ether oxygens (including phenoxy) is 1. The first kappa shape index (κ1) is 14.4. The van der Waals surface area contributed by atoms with E-state index < -0.39 is 12.0 Å². The zero-order valence-corrected chi connectivity index (χ0v) is 11.2. The van der Waals surface area contributed by atoms with Crippen molar-refractivity contribution < 1.29 is 19.4 Å². The number of anilines is 1. The highest BCUT2D eigenvalue weighted by Gasteiger charge is 2.13. The van der Waals surface area contributed by atoms with Crippen LogP contribution < -0.4 is 15.4 Å². The molecular weight excluding hydrogens is 276 g/mol. The fraction of sp³-hybridized carbons (Fsp3) is 0.154. The number of amides is 2. The number of nitrogens with one attached hydrogen (secondary N) is 3. The van der Waals surface area contributed by atoms with Gasteiger partial charge in [0.25, 0.3) is 0 Å². The van der Waals surface area contributed by atoms with E-state index in [1.54, 1.807) is 12.4 Å². The largest absolute Gasteiger partial charge is 0.497 e. The van der Waals surface area contributed by atoms with Gasteiger partial charge in [-0.3, -0.25) is 5.10 Å². The van der Waals surface area contributed by atoms with E-state index >= 15 is 0 Å². The molecule has 2 amide bonds. The molecule has 2 rings (SSSR count). The number of H-pyrrole nitrogens is 1. The minimum atomic E-state index is -1.14. The van der Waals surface area contributed by atoms with Crippen molar-refractivity contribution in [3.63, 3.8) is 0 Å². The number of aromatic amines is 1. The number of aromatic nitrogens is 2. The van der Waals surface area contributed by atoms with Crippen molar-refractivity contribution in [2.45, 2.75) is 6.54 Å². The summed E-state index contributed by atoms with van der Waals surface area (Å²) in [6, 6.07) is 3.80. The number of urea groups is 1. The minimum Gasteiger partial charge on any atom is -0.497 e. The summed E-state index contributed by atoms with van der Waals surface area (Å²) >= 11 is 0. The van der Waals surface area contributed by atoms with Gasteiger partial charge in [0.2, 0.25) is 0 Å². The van der Waals surface area contributed by atoms with Crippen LogP contribution in [0.5, 0.6) is 5.75 Å². The Morgan fingerprint density at radius 3 is 2.86 bits per heavy atom. The van der Waals surface area contributed by atoms with Crippen molar-refractivity contribution in [1.82, 2.24) is 15.5 Å². The Hall–Kier alpha value is -3.03. The molecule has 0 unspecified atom stereocenters. The van der Waals surface area contributed by atoms with E-state index in [1.807, 2.05) is 0 Å². The SMILES string of the molecule is COc1ccc(C(=O)O)c(NC(=O)NCc2cn[nH]c2)c1. The van der Waals surface area contributed by atoms with Gasteiger partial charge in [0.1, 0.15) is 5.75 Å². The van der Waals surface area contributed by atoms with Crippen LogP contribution in [-0.2, 0) is 6.54 Å². The highest BCUT2D eigenvalue weighted by molar-refractivity contribution is 6.00. The van der Waals surface area contributed by atoms with Crippen LogP contribution in [0.4, 0.5) is 10.5 Å². The lowest BCUT2D eigenvalue weighted by atomic mass is 10.1. The highest BCUT2D eigenvalue weighted by Crippen LogP contribution is 2.22. The van der Waals surface area contributed by atoms with Crippen molar-refractivity contribution in [2.75, 3.05) is 12.4 Å². The van der Waals surface area contributed by atoms with Gasteiger partial charge in [-0.15, -0.1) is 0 Å². The molecule has 21 heavy (non-hydrogen) atoms. The number of carbonyl (C=O) groups is 2. The molecule has 0 bridgehead atoms. The Kier molecular flexibility index (Phi) is 4.39. The number of rotatable bonds is 5. The predicted molar refractivity (Wildman–Crippen MR) is 74.4 cm³/mol. The number of carbonyl (C=O) groups excluding carboxylic acids is 1. The molecule has 0 aliphatic heterocycles. The quantitative estimate of drug-likeness (QED) is 0.665. The molecule has 0 spiro atoms. The van der Waals surface area contributed by atoms with Gasteiger partial charge >= 0.3 is 12.0 Å². The maximum Gasteiger partial charge on any atom is 0.337 e. The monoisotopic (exact) mass is 290 g/mol. The van der Waals surface area contributed by atoms with Crippen LogP contribution in [-0.4, -0.2) is 34.4 Å². The Labute approximate surface area is 120 Å². The number of benzene rings is 1. The van der Waals surface area contributed by atoms with Gasteiger partial charge in [-0.05, 0) is 12.1 Å². The van der Waals surface area contributed by atoms with E-state index in [9.17, 15) is 9.59 Å². The standard InChI is InChI=1S/C13H14N4O4/c1-21-9-2-3-10(12(18)19)11(4-9)17-13(20)14-5-8-6-15-16-7-8/h2-4,6-7H,5H2,1H3,(H,15,16)(H,18,19)(H2,14,17,20). The van der Waals surface area contributed by atoms with Gasteiger partial charge in [-0.2, -0.15) is 5.10 Å². The van der Waals surface area contributed by atoms with Crippen LogP contribution >= 0.6 is 0 Å². The van der Waals surface area contributed by atoms with E-state index in [4.69, 9.17) is 9.84 Å². The van der Waals surface area contributed by atoms with Crippen molar-refractivity contribution in [1.29, 1.82) is 0 Å². The van der Waals surface area contributed by atoms with Gasteiger partial charge in [0.15, 0.2) is 0 Å². The second-order valence-corrected chi connectivity index (χ2v) is 4.13. The number of methoxy groups -OCH3 is 1. The van der Waals surface area contributed by atoms with E-state index in [-0.39, 0.29) is 17.8 Å². The first-order valence-electron chi connectivity index (χ1n) is 6.04.